The van der Waals surface area contributed by atoms with Gasteiger partial charge in [0.15, 0.2) is 0 Å². The molecule has 0 bridgehead atoms. The number of benzene rings is 2. The van der Waals surface area contributed by atoms with Gasteiger partial charge in [0.1, 0.15) is 23.4 Å². The molecule has 0 radical (unpaired) electrons. The molecule has 1 aromatic heterocycles. The summed E-state index contributed by atoms with van der Waals surface area (Å²) >= 11 is 0. The van der Waals surface area contributed by atoms with E-state index in [1.54, 1.807) is 24.7 Å². The van der Waals surface area contributed by atoms with E-state index in [4.69, 9.17) is 9.94 Å². The fourth-order valence-electron chi connectivity index (χ4n) is 2.39. The van der Waals surface area contributed by atoms with Crippen molar-refractivity contribution >= 4 is 22.6 Å². The van der Waals surface area contributed by atoms with Crippen LogP contribution in [0.2, 0.25) is 0 Å². The van der Waals surface area contributed by atoms with E-state index in [0.717, 1.165) is 16.5 Å². The first-order valence-corrected chi connectivity index (χ1v) is 7.28. The molecule has 0 atom stereocenters. The second-order valence-corrected chi connectivity index (χ2v) is 5.07. The van der Waals surface area contributed by atoms with Crippen LogP contribution in [0.1, 0.15) is 15.9 Å². The van der Waals surface area contributed by atoms with Crippen LogP contribution in [-0.2, 0) is 6.54 Å². The number of aromatic nitrogens is 2. The maximum atomic E-state index is 11.3. The van der Waals surface area contributed by atoms with Gasteiger partial charge >= 0.3 is 0 Å². The Morgan fingerprint density at radius 2 is 1.96 bits per heavy atom. The first kappa shape index (κ1) is 15.7. The van der Waals surface area contributed by atoms with E-state index in [1.807, 2.05) is 30.3 Å². The second kappa shape index (κ2) is 6.93. The van der Waals surface area contributed by atoms with Gasteiger partial charge in [0.2, 0.25) is 0 Å². The summed E-state index contributed by atoms with van der Waals surface area (Å²) in [6, 6.07) is 12.6. The Hall–Kier alpha value is -3.19. The van der Waals surface area contributed by atoms with Crippen molar-refractivity contribution in [3.63, 3.8) is 0 Å². The second-order valence-electron chi connectivity index (χ2n) is 5.07. The molecule has 0 saturated heterocycles. The monoisotopic (exact) mass is 324 g/mol. The van der Waals surface area contributed by atoms with E-state index < -0.39 is 5.91 Å². The number of hydroxylamine groups is 1. The molecule has 0 aliphatic rings. The Morgan fingerprint density at radius 1 is 1.17 bits per heavy atom. The van der Waals surface area contributed by atoms with Crippen molar-refractivity contribution in [2.75, 3.05) is 12.4 Å². The van der Waals surface area contributed by atoms with Crippen molar-refractivity contribution in [2.24, 2.45) is 0 Å². The Morgan fingerprint density at radius 3 is 2.67 bits per heavy atom. The third kappa shape index (κ3) is 3.11. The van der Waals surface area contributed by atoms with Gasteiger partial charge in [-0.3, -0.25) is 10.0 Å². The topological polar surface area (TPSA) is 96.4 Å². The number of fused-ring (bicyclic) bond motifs is 1. The van der Waals surface area contributed by atoms with Crippen molar-refractivity contribution in [3.8, 4) is 5.75 Å². The molecule has 2 aromatic carbocycles. The predicted molar refractivity (Wildman–Crippen MR) is 89.1 cm³/mol. The van der Waals surface area contributed by atoms with Gasteiger partial charge in [-0.2, -0.15) is 0 Å². The highest BCUT2D eigenvalue weighted by Gasteiger charge is 2.08. The van der Waals surface area contributed by atoms with E-state index >= 15 is 0 Å². The molecular weight excluding hydrogens is 308 g/mol. The summed E-state index contributed by atoms with van der Waals surface area (Å²) in [6.07, 6.45) is 1.49. The normalized spacial score (nSPS) is 10.4. The third-order valence-electron chi connectivity index (χ3n) is 3.63. The van der Waals surface area contributed by atoms with E-state index in [2.05, 4.69) is 15.3 Å². The van der Waals surface area contributed by atoms with Gasteiger partial charge in [-0.15, -0.1) is 0 Å². The van der Waals surface area contributed by atoms with Crippen LogP contribution in [0.15, 0.2) is 48.8 Å². The van der Waals surface area contributed by atoms with Crippen molar-refractivity contribution in [3.05, 3.63) is 59.9 Å². The smallest absolute Gasteiger partial charge is 0.274 e. The van der Waals surface area contributed by atoms with Crippen molar-refractivity contribution in [1.82, 2.24) is 15.4 Å². The molecule has 1 amide bonds. The molecule has 0 saturated carbocycles. The van der Waals surface area contributed by atoms with Crippen LogP contribution in [0, 0.1) is 0 Å². The Balaban J connectivity index is 1.80. The van der Waals surface area contributed by atoms with Gasteiger partial charge in [0.05, 0.1) is 7.11 Å². The highest BCUT2D eigenvalue weighted by Crippen LogP contribution is 2.27. The summed E-state index contributed by atoms with van der Waals surface area (Å²) in [6.45, 7) is 0.532. The first-order chi connectivity index (χ1) is 11.7. The number of nitrogens with zero attached hydrogens (tertiary/aromatic N) is 2. The molecule has 7 nitrogen and oxygen atoms in total. The number of nitrogens with one attached hydrogen (secondary N) is 2. The number of carbonyl (C=O) groups is 1. The van der Waals surface area contributed by atoms with Crippen LogP contribution in [0.4, 0.5) is 5.82 Å². The highest BCUT2D eigenvalue weighted by molar-refractivity contribution is 5.93. The van der Waals surface area contributed by atoms with Crippen LogP contribution in [0.25, 0.3) is 10.9 Å². The van der Waals surface area contributed by atoms with E-state index in [-0.39, 0.29) is 0 Å². The maximum absolute atomic E-state index is 11.3. The Kier molecular flexibility index (Phi) is 4.53. The van der Waals surface area contributed by atoms with E-state index in [0.29, 0.717) is 23.7 Å². The molecule has 3 aromatic rings. The minimum Gasteiger partial charge on any atom is -0.494 e. The Bertz CT molecular complexity index is 865. The van der Waals surface area contributed by atoms with Crippen LogP contribution in [-0.4, -0.2) is 28.2 Å². The molecule has 3 rings (SSSR count). The van der Waals surface area contributed by atoms with Gasteiger partial charge in [0.25, 0.3) is 5.91 Å². The zero-order valence-electron chi connectivity index (χ0n) is 13.0. The summed E-state index contributed by atoms with van der Waals surface area (Å²) in [5.41, 5.74) is 3.71. The van der Waals surface area contributed by atoms with Gasteiger partial charge < -0.3 is 10.1 Å². The summed E-state index contributed by atoms with van der Waals surface area (Å²) in [4.78, 5) is 19.9. The lowest BCUT2D eigenvalue weighted by molar-refractivity contribution is 0.0706. The molecule has 3 N–H and O–H groups in total. The summed E-state index contributed by atoms with van der Waals surface area (Å²) < 4.78 is 5.32. The van der Waals surface area contributed by atoms with Crippen LogP contribution in [0.3, 0.4) is 0 Å². The largest absolute Gasteiger partial charge is 0.494 e. The molecule has 122 valence electrons. The summed E-state index contributed by atoms with van der Waals surface area (Å²) in [7, 11) is 1.61. The first-order valence-electron chi connectivity index (χ1n) is 7.28. The van der Waals surface area contributed by atoms with E-state index in [9.17, 15) is 4.79 Å². The zero-order chi connectivity index (χ0) is 16.9. The SMILES string of the molecule is COc1cccc2c(NCc3ccc(C(=O)NO)cc3)ncnc12. The molecular formula is C17H16N4O3. The molecule has 7 heteroatoms. The summed E-state index contributed by atoms with van der Waals surface area (Å²) in [5.74, 6) is 0.858. The van der Waals surface area contributed by atoms with Gasteiger partial charge in [0, 0.05) is 17.5 Å². The average molecular weight is 324 g/mol. The number of methoxy groups -OCH3 is 1. The Labute approximate surface area is 138 Å². The van der Waals surface area contributed by atoms with Crippen molar-refractivity contribution in [2.45, 2.75) is 6.54 Å². The van der Waals surface area contributed by atoms with Gasteiger partial charge in [-0.05, 0) is 29.8 Å². The number of rotatable bonds is 5. The number of amides is 1. The molecule has 1 heterocycles. The quantitative estimate of drug-likeness (QED) is 0.492. The average Bonchev–Trinajstić information content (AvgIpc) is 2.65. The van der Waals surface area contributed by atoms with Crippen molar-refractivity contribution in [1.29, 1.82) is 0 Å². The lowest BCUT2D eigenvalue weighted by Gasteiger charge is -2.10. The molecule has 24 heavy (non-hydrogen) atoms. The predicted octanol–water partition coefficient (Wildman–Crippen LogP) is 2.37. The molecule has 0 spiro atoms. The standard InChI is InChI=1S/C17H16N4O3/c1-24-14-4-2-3-13-15(14)19-10-20-16(13)18-9-11-5-7-12(8-6-11)17(22)21-23/h2-8,10,23H,9H2,1H3,(H,21,22)(H,18,19,20). The minimum absolute atomic E-state index is 0.387. The number of carbonyl (C=O) groups excluding carboxylic acids is 1. The highest BCUT2D eigenvalue weighted by atomic mass is 16.5. The van der Waals surface area contributed by atoms with E-state index in [1.165, 1.54) is 6.33 Å². The maximum Gasteiger partial charge on any atom is 0.274 e. The summed E-state index contributed by atoms with van der Waals surface area (Å²) in [5, 5.41) is 12.7. The van der Waals surface area contributed by atoms with Crippen molar-refractivity contribution < 1.29 is 14.7 Å². The number of para-hydroxylation sites is 1. The van der Waals surface area contributed by atoms with Gasteiger partial charge in [-0.25, -0.2) is 15.4 Å². The zero-order valence-corrected chi connectivity index (χ0v) is 13.0. The number of ether oxygens (including phenoxy) is 1. The fraction of sp³-hybridized carbons (Fsp3) is 0.118. The molecule has 0 aliphatic heterocycles. The van der Waals surface area contributed by atoms with Crippen LogP contribution < -0.4 is 15.5 Å². The number of hydrogen-bond acceptors (Lipinski definition) is 6. The van der Waals surface area contributed by atoms with Gasteiger partial charge in [-0.1, -0.05) is 18.2 Å². The lowest BCUT2D eigenvalue weighted by Crippen LogP contribution is -2.18. The number of hydrogen-bond donors (Lipinski definition) is 3. The third-order valence-corrected chi connectivity index (χ3v) is 3.63. The fourth-order valence-corrected chi connectivity index (χ4v) is 2.39. The lowest BCUT2D eigenvalue weighted by atomic mass is 10.1. The number of anilines is 1. The van der Waals surface area contributed by atoms with Crippen LogP contribution >= 0.6 is 0 Å². The minimum atomic E-state index is -0.539. The van der Waals surface area contributed by atoms with Crippen LogP contribution in [0.5, 0.6) is 5.75 Å². The molecule has 0 unspecified atom stereocenters. The molecule has 0 fully saturated rings. The molecule has 0 aliphatic carbocycles.